The first-order valence-corrected chi connectivity index (χ1v) is 5.27. The largest absolute Gasteiger partial charge is 0.300 e. The molecule has 0 N–H and O–H groups in total. The molecule has 0 radical (unpaired) electrons. The maximum absolute atomic E-state index is 13.3. The fourth-order valence-corrected chi connectivity index (χ4v) is 1.67. The van der Waals surface area contributed by atoms with Crippen LogP contribution >= 0.6 is 11.6 Å². The van der Waals surface area contributed by atoms with Crippen molar-refractivity contribution in [3.05, 3.63) is 52.3 Å². The Morgan fingerprint density at radius 1 is 1.28 bits per heavy atom. The summed E-state index contributed by atoms with van der Waals surface area (Å²) in [6.45, 7) is 0. The molecule has 6 nitrogen and oxygen atoms in total. The summed E-state index contributed by atoms with van der Waals surface area (Å²) in [5.41, 5.74) is -0.00113. The highest BCUT2D eigenvalue weighted by Gasteiger charge is 2.09. The predicted molar refractivity (Wildman–Crippen MR) is 61.3 cm³/mol. The quantitative estimate of drug-likeness (QED) is 0.617. The van der Waals surface area contributed by atoms with E-state index >= 15 is 0 Å². The lowest BCUT2D eigenvalue weighted by Crippen LogP contribution is -2.20. The van der Waals surface area contributed by atoms with E-state index in [1.165, 1.54) is 34.0 Å². The standard InChI is InChI=1S/C10H5ClFN5O/c11-8-7(12)3-6(4-13-8)16-1-2-17-9(10(16)18)14-5-15-17/h1-5H. The summed E-state index contributed by atoms with van der Waals surface area (Å²) in [4.78, 5) is 19.5. The molecule has 18 heavy (non-hydrogen) atoms. The molecule has 0 aliphatic rings. The van der Waals surface area contributed by atoms with Crippen molar-refractivity contribution in [1.82, 2.24) is 24.1 Å². The van der Waals surface area contributed by atoms with Crippen LogP contribution in [-0.4, -0.2) is 24.1 Å². The number of fused-ring (bicyclic) bond motifs is 1. The van der Waals surface area contributed by atoms with Crippen molar-refractivity contribution < 1.29 is 4.39 Å². The molecule has 3 heterocycles. The van der Waals surface area contributed by atoms with Gasteiger partial charge in [0.25, 0.3) is 5.56 Å². The molecule has 0 spiro atoms. The lowest BCUT2D eigenvalue weighted by Gasteiger charge is -2.05. The van der Waals surface area contributed by atoms with Crippen LogP contribution in [-0.2, 0) is 0 Å². The average molecular weight is 266 g/mol. The number of hydrogen-bond donors (Lipinski definition) is 0. The molecule has 0 saturated carbocycles. The highest BCUT2D eigenvalue weighted by atomic mass is 35.5. The first kappa shape index (κ1) is 10.8. The lowest BCUT2D eigenvalue weighted by atomic mass is 10.4. The van der Waals surface area contributed by atoms with Crippen LogP contribution in [0.25, 0.3) is 11.3 Å². The number of halogens is 2. The topological polar surface area (TPSA) is 65.1 Å². The maximum atomic E-state index is 13.3. The van der Waals surface area contributed by atoms with Crippen LogP contribution < -0.4 is 5.56 Å². The Labute approximate surface area is 104 Å². The van der Waals surface area contributed by atoms with Crippen molar-refractivity contribution in [2.45, 2.75) is 0 Å². The van der Waals surface area contributed by atoms with E-state index in [2.05, 4.69) is 15.1 Å². The Balaban J connectivity index is 2.28. The zero-order valence-corrected chi connectivity index (χ0v) is 9.54. The molecule has 0 atom stereocenters. The Morgan fingerprint density at radius 2 is 2.11 bits per heavy atom. The number of hydrogen-bond acceptors (Lipinski definition) is 4. The third-order valence-corrected chi connectivity index (χ3v) is 2.68. The molecule has 0 fully saturated rings. The molecule has 0 bridgehead atoms. The summed E-state index contributed by atoms with van der Waals surface area (Å²) in [6, 6.07) is 1.13. The molecule has 3 aromatic rings. The molecule has 90 valence electrons. The second-order valence-corrected chi connectivity index (χ2v) is 3.83. The fraction of sp³-hybridized carbons (Fsp3) is 0. The minimum Gasteiger partial charge on any atom is -0.278 e. The van der Waals surface area contributed by atoms with Gasteiger partial charge in [-0.2, -0.15) is 5.10 Å². The minimum atomic E-state index is -0.692. The molecule has 0 unspecified atom stereocenters. The van der Waals surface area contributed by atoms with Crippen LogP contribution in [0.5, 0.6) is 0 Å². The van der Waals surface area contributed by atoms with Gasteiger partial charge in [-0.3, -0.25) is 9.36 Å². The molecular weight excluding hydrogens is 261 g/mol. The highest BCUT2D eigenvalue weighted by Crippen LogP contribution is 2.13. The van der Waals surface area contributed by atoms with Crippen molar-refractivity contribution in [3.63, 3.8) is 0 Å². The first-order chi connectivity index (χ1) is 8.66. The normalized spacial score (nSPS) is 11.0. The van der Waals surface area contributed by atoms with E-state index in [1.807, 2.05) is 0 Å². The second kappa shape index (κ2) is 3.88. The third-order valence-electron chi connectivity index (χ3n) is 2.40. The second-order valence-electron chi connectivity index (χ2n) is 3.47. The van der Waals surface area contributed by atoms with Crippen LogP contribution in [0, 0.1) is 5.82 Å². The van der Waals surface area contributed by atoms with Crippen molar-refractivity contribution >= 4 is 17.2 Å². The van der Waals surface area contributed by atoms with E-state index in [-0.39, 0.29) is 16.5 Å². The molecule has 0 saturated heterocycles. The number of rotatable bonds is 1. The van der Waals surface area contributed by atoms with Gasteiger partial charge in [-0.15, -0.1) is 0 Å². The van der Waals surface area contributed by atoms with Gasteiger partial charge in [-0.25, -0.2) is 18.9 Å². The summed E-state index contributed by atoms with van der Waals surface area (Å²) in [7, 11) is 0. The number of aromatic nitrogens is 5. The molecule has 0 aromatic carbocycles. The molecule has 0 aliphatic carbocycles. The van der Waals surface area contributed by atoms with Gasteiger partial charge < -0.3 is 0 Å². The van der Waals surface area contributed by atoms with Gasteiger partial charge in [-0.05, 0) is 0 Å². The van der Waals surface area contributed by atoms with E-state index in [1.54, 1.807) is 0 Å². The van der Waals surface area contributed by atoms with Gasteiger partial charge >= 0.3 is 0 Å². The maximum Gasteiger partial charge on any atom is 0.300 e. The molecule has 3 aromatic heterocycles. The smallest absolute Gasteiger partial charge is 0.278 e. The van der Waals surface area contributed by atoms with Crippen molar-refractivity contribution in [2.24, 2.45) is 0 Å². The average Bonchev–Trinajstić information content (AvgIpc) is 2.83. The summed E-state index contributed by atoms with van der Waals surface area (Å²) in [6.07, 6.45) is 5.56. The van der Waals surface area contributed by atoms with Crippen LogP contribution in [0.4, 0.5) is 4.39 Å². The fourth-order valence-electron chi connectivity index (χ4n) is 1.56. The Bertz CT molecular complexity index is 796. The summed E-state index contributed by atoms with van der Waals surface area (Å²) >= 11 is 5.49. The monoisotopic (exact) mass is 265 g/mol. The van der Waals surface area contributed by atoms with Gasteiger partial charge in [0.1, 0.15) is 6.33 Å². The summed E-state index contributed by atoms with van der Waals surface area (Å²) in [5, 5.41) is 3.59. The van der Waals surface area contributed by atoms with Gasteiger partial charge in [0.15, 0.2) is 11.0 Å². The molecule has 3 rings (SSSR count). The van der Waals surface area contributed by atoms with Gasteiger partial charge in [0.2, 0.25) is 5.65 Å². The zero-order valence-electron chi connectivity index (χ0n) is 8.79. The van der Waals surface area contributed by atoms with Crippen LogP contribution in [0.15, 0.2) is 35.8 Å². The summed E-state index contributed by atoms with van der Waals surface area (Å²) < 4.78 is 15.9. The van der Waals surface area contributed by atoms with Crippen LogP contribution in [0.3, 0.4) is 0 Å². The zero-order chi connectivity index (χ0) is 12.7. The lowest BCUT2D eigenvalue weighted by molar-refractivity contribution is 0.620. The Morgan fingerprint density at radius 3 is 2.89 bits per heavy atom. The molecular formula is C10H5ClFN5O. The van der Waals surface area contributed by atoms with Crippen LogP contribution in [0.1, 0.15) is 0 Å². The van der Waals surface area contributed by atoms with Crippen LogP contribution in [0.2, 0.25) is 5.15 Å². The van der Waals surface area contributed by atoms with E-state index in [4.69, 9.17) is 11.6 Å². The van der Waals surface area contributed by atoms with Gasteiger partial charge in [0.05, 0.1) is 11.9 Å². The Kier molecular flexibility index (Phi) is 2.34. The number of pyridine rings is 1. The van der Waals surface area contributed by atoms with E-state index in [9.17, 15) is 9.18 Å². The van der Waals surface area contributed by atoms with Crippen molar-refractivity contribution in [1.29, 1.82) is 0 Å². The minimum absolute atomic E-state index is 0.146. The highest BCUT2D eigenvalue weighted by molar-refractivity contribution is 6.29. The van der Waals surface area contributed by atoms with E-state index in [0.29, 0.717) is 0 Å². The van der Waals surface area contributed by atoms with Crippen molar-refractivity contribution in [2.75, 3.05) is 0 Å². The molecule has 0 amide bonds. The van der Waals surface area contributed by atoms with Gasteiger partial charge in [-0.1, -0.05) is 11.6 Å². The first-order valence-electron chi connectivity index (χ1n) is 4.89. The number of nitrogens with zero attached hydrogens (tertiary/aromatic N) is 5. The molecule has 0 aliphatic heterocycles. The van der Waals surface area contributed by atoms with Crippen molar-refractivity contribution in [3.8, 4) is 5.69 Å². The molecule has 8 heteroatoms. The predicted octanol–water partition coefficient (Wildman–Crippen LogP) is 1.07. The SMILES string of the molecule is O=c1c2ncnn2ccn1-c1cnc(Cl)c(F)c1. The summed E-state index contributed by atoms with van der Waals surface area (Å²) in [5.74, 6) is -0.692. The van der Waals surface area contributed by atoms with Gasteiger partial charge in [0, 0.05) is 18.5 Å². The van der Waals surface area contributed by atoms with E-state index < -0.39 is 11.4 Å². The Hall–Kier alpha value is -2.28. The third kappa shape index (κ3) is 1.56. The van der Waals surface area contributed by atoms with E-state index in [0.717, 1.165) is 6.07 Å².